The lowest BCUT2D eigenvalue weighted by Gasteiger charge is -2.19. The predicted molar refractivity (Wildman–Crippen MR) is 88.2 cm³/mol. The van der Waals surface area contributed by atoms with Crippen LogP contribution in [0.15, 0.2) is 24.3 Å². The molecule has 0 atom stereocenters. The fourth-order valence-corrected chi connectivity index (χ4v) is 1.76. The number of ether oxygens (including phenoxy) is 1. The maximum Gasteiger partial charge on any atom is 0.276 e. The Kier molecular flexibility index (Phi) is 6.42. The zero-order valence-corrected chi connectivity index (χ0v) is 13.8. The highest BCUT2D eigenvalue weighted by Gasteiger charge is 2.13. The lowest BCUT2D eigenvalue weighted by Crippen LogP contribution is -2.48. The lowest BCUT2D eigenvalue weighted by molar-refractivity contribution is -0.123. The van der Waals surface area contributed by atoms with Gasteiger partial charge in [0.25, 0.3) is 5.91 Å². The minimum absolute atomic E-state index is 0.0728. The lowest BCUT2D eigenvalue weighted by atomic mass is 9.87. The van der Waals surface area contributed by atoms with E-state index in [1.807, 2.05) is 31.2 Å². The maximum absolute atomic E-state index is 11.6. The van der Waals surface area contributed by atoms with Gasteiger partial charge < -0.3 is 10.1 Å². The molecule has 1 aromatic rings. The smallest absolute Gasteiger partial charge is 0.276 e. The van der Waals surface area contributed by atoms with Gasteiger partial charge >= 0.3 is 0 Å². The summed E-state index contributed by atoms with van der Waals surface area (Å²) in [5.41, 5.74) is 6.36. The number of nitrogens with one attached hydrogen (secondary N) is 3. The van der Waals surface area contributed by atoms with Crippen molar-refractivity contribution in [2.24, 2.45) is 0 Å². The summed E-state index contributed by atoms with van der Waals surface area (Å²) in [4.78, 5) is 11.6. The van der Waals surface area contributed by atoms with Crippen LogP contribution in [0.2, 0.25) is 0 Å². The highest BCUT2D eigenvalue weighted by Crippen LogP contribution is 2.24. The van der Waals surface area contributed by atoms with Crippen molar-refractivity contribution in [3.05, 3.63) is 29.8 Å². The van der Waals surface area contributed by atoms with E-state index in [2.05, 4.69) is 36.9 Å². The van der Waals surface area contributed by atoms with Crippen molar-refractivity contribution in [2.45, 2.75) is 33.1 Å². The molecule has 21 heavy (non-hydrogen) atoms. The summed E-state index contributed by atoms with van der Waals surface area (Å²) in [6.45, 7) is 8.98. The Balaban J connectivity index is 2.38. The molecule has 1 aromatic carbocycles. The maximum atomic E-state index is 11.6. The molecule has 0 radical (unpaired) electrons. The number of hydrogen-bond donors (Lipinski definition) is 3. The van der Waals surface area contributed by atoms with Gasteiger partial charge in [-0.15, -0.1) is 0 Å². The quantitative estimate of drug-likeness (QED) is 0.585. The topological polar surface area (TPSA) is 62.4 Å². The molecule has 1 amide bonds. The number of hydrazine groups is 1. The summed E-state index contributed by atoms with van der Waals surface area (Å²) in [5, 5.41) is 3.24. The first-order valence-corrected chi connectivity index (χ1v) is 7.29. The minimum Gasteiger partial charge on any atom is -0.484 e. The monoisotopic (exact) mass is 309 g/mol. The number of amides is 1. The molecule has 116 valence electrons. The number of rotatable bonds is 4. The molecule has 0 fully saturated rings. The molecule has 0 aromatic heterocycles. The fraction of sp³-hybridized carbons (Fsp3) is 0.467. The van der Waals surface area contributed by atoms with Crippen LogP contribution in [0.4, 0.5) is 0 Å². The normalized spacial score (nSPS) is 10.7. The molecule has 5 nitrogen and oxygen atoms in total. The number of hydrogen-bond acceptors (Lipinski definition) is 3. The van der Waals surface area contributed by atoms with Gasteiger partial charge in [0.15, 0.2) is 11.7 Å². The summed E-state index contributed by atoms with van der Waals surface area (Å²) in [5.74, 6) is 0.363. The summed E-state index contributed by atoms with van der Waals surface area (Å²) in [6, 6.07) is 7.74. The third kappa shape index (κ3) is 6.44. The van der Waals surface area contributed by atoms with E-state index in [1.165, 1.54) is 5.56 Å². The SMILES string of the molecule is CCNC(=S)NNC(=O)COc1ccc(C(C)(C)C)cc1. The van der Waals surface area contributed by atoms with Crippen molar-refractivity contribution in [2.75, 3.05) is 13.2 Å². The van der Waals surface area contributed by atoms with Crippen LogP contribution in [0.5, 0.6) is 5.75 Å². The number of carbonyl (C=O) groups is 1. The molecule has 1 rings (SSSR count). The minimum atomic E-state index is -0.296. The van der Waals surface area contributed by atoms with Gasteiger partial charge in [0.1, 0.15) is 5.75 Å². The van der Waals surface area contributed by atoms with Gasteiger partial charge in [-0.1, -0.05) is 32.9 Å². The van der Waals surface area contributed by atoms with Gasteiger partial charge in [0.05, 0.1) is 0 Å². The summed E-state index contributed by atoms with van der Waals surface area (Å²) in [7, 11) is 0. The molecule has 0 aliphatic carbocycles. The highest BCUT2D eigenvalue weighted by atomic mass is 32.1. The molecular formula is C15H23N3O2S. The summed E-state index contributed by atoms with van der Waals surface area (Å²) in [6.07, 6.45) is 0. The van der Waals surface area contributed by atoms with Crippen LogP contribution < -0.4 is 20.9 Å². The Hall–Kier alpha value is -1.82. The Morgan fingerprint density at radius 1 is 1.19 bits per heavy atom. The third-order valence-electron chi connectivity index (χ3n) is 2.74. The van der Waals surface area contributed by atoms with Crippen molar-refractivity contribution in [3.8, 4) is 5.75 Å². The second kappa shape index (κ2) is 7.83. The Morgan fingerprint density at radius 2 is 1.81 bits per heavy atom. The molecule has 0 bridgehead atoms. The Morgan fingerprint density at radius 3 is 2.33 bits per heavy atom. The van der Waals surface area contributed by atoms with Crippen molar-refractivity contribution in [3.63, 3.8) is 0 Å². The van der Waals surface area contributed by atoms with Gasteiger partial charge in [-0.25, -0.2) is 0 Å². The number of benzene rings is 1. The van der Waals surface area contributed by atoms with Crippen LogP contribution >= 0.6 is 12.2 Å². The van der Waals surface area contributed by atoms with Crippen molar-refractivity contribution in [1.82, 2.24) is 16.2 Å². The van der Waals surface area contributed by atoms with E-state index in [0.29, 0.717) is 17.4 Å². The van der Waals surface area contributed by atoms with Gasteiger partial charge in [0, 0.05) is 6.54 Å². The fourth-order valence-electron chi connectivity index (χ4n) is 1.57. The zero-order valence-electron chi connectivity index (χ0n) is 12.9. The highest BCUT2D eigenvalue weighted by molar-refractivity contribution is 7.80. The van der Waals surface area contributed by atoms with E-state index >= 15 is 0 Å². The molecular weight excluding hydrogens is 286 g/mol. The predicted octanol–water partition coefficient (Wildman–Crippen LogP) is 1.88. The zero-order chi connectivity index (χ0) is 15.9. The molecule has 0 saturated heterocycles. The van der Waals surface area contributed by atoms with Gasteiger partial charge in [-0.2, -0.15) is 0 Å². The van der Waals surface area contributed by atoms with Crippen molar-refractivity contribution in [1.29, 1.82) is 0 Å². The first kappa shape index (κ1) is 17.2. The average molecular weight is 309 g/mol. The van der Waals surface area contributed by atoms with Crippen LogP contribution in [-0.4, -0.2) is 24.2 Å². The Bertz CT molecular complexity index is 481. The molecule has 0 heterocycles. The number of carbonyl (C=O) groups excluding carboxylic acids is 1. The van der Waals surface area contributed by atoms with Crippen LogP contribution in [0.25, 0.3) is 0 Å². The van der Waals surface area contributed by atoms with E-state index in [9.17, 15) is 4.79 Å². The van der Waals surface area contributed by atoms with Gasteiger partial charge in [-0.3, -0.25) is 15.6 Å². The van der Waals surface area contributed by atoms with E-state index in [0.717, 1.165) is 0 Å². The standard InChI is InChI=1S/C15H23N3O2S/c1-5-16-14(21)18-17-13(19)10-20-12-8-6-11(7-9-12)15(2,3)4/h6-9H,5,10H2,1-4H3,(H,17,19)(H2,16,18,21). The van der Waals surface area contributed by atoms with E-state index in [4.69, 9.17) is 17.0 Å². The van der Waals surface area contributed by atoms with Crippen LogP contribution in [-0.2, 0) is 10.2 Å². The van der Waals surface area contributed by atoms with Crippen LogP contribution in [0.3, 0.4) is 0 Å². The second-order valence-electron chi connectivity index (χ2n) is 5.60. The molecule has 0 saturated carbocycles. The first-order chi connectivity index (χ1) is 9.82. The number of thiocarbonyl (C=S) groups is 1. The summed E-state index contributed by atoms with van der Waals surface area (Å²) >= 11 is 4.92. The van der Waals surface area contributed by atoms with Gasteiger partial charge in [-0.05, 0) is 42.3 Å². The van der Waals surface area contributed by atoms with E-state index < -0.39 is 0 Å². The van der Waals surface area contributed by atoms with E-state index in [-0.39, 0.29) is 17.9 Å². The van der Waals surface area contributed by atoms with Crippen molar-refractivity contribution >= 4 is 23.2 Å². The molecule has 0 unspecified atom stereocenters. The van der Waals surface area contributed by atoms with Gasteiger partial charge in [0.2, 0.25) is 0 Å². The average Bonchev–Trinajstić information content (AvgIpc) is 2.43. The van der Waals surface area contributed by atoms with Crippen LogP contribution in [0, 0.1) is 0 Å². The first-order valence-electron chi connectivity index (χ1n) is 6.89. The third-order valence-corrected chi connectivity index (χ3v) is 2.99. The second-order valence-corrected chi connectivity index (χ2v) is 6.00. The van der Waals surface area contributed by atoms with E-state index in [1.54, 1.807) is 0 Å². The van der Waals surface area contributed by atoms with Crippen LogP contribution in [0.1, 0.15) is 33.3 Å². The molecule has 6 heteroatoms. The molecule has 0 aliphatic heterocycles. The molecule has 0 aliphatic rings. The largest absolute Gasteiger partial charge is 0.484 e. The molecule has 3 N–H and O–H groups in total. The molecule has 0 spiro atoms. The summed E-state index contributed by atoms with van der Waals surface area (Å²) < 4.78 is 5.41. The van der Waals surface area contributed by atoms with Crippen molar-refractivity contribution < 1.29 is 9.53 Å². The Labute approximate surface area is 131 Å².